The number of benzene rings is 1. The fourth-order valence-electron chi connectivity index (χ4n) is 2.29. The van der Waals surface area contributed by atoms with E-state index in [1.807, 2.05) is 30.5 Å². The molecule has 0 spiro atoms. The van der Waals surface area contributed by atoms with Gasteiger partial charge in [0.15, 0.2) is 0 Å². The van der Waals surface area contributed by atoms with Gasteiger partial charge in [-0.15, -0.1) is 0 Å². The Labute approximate surface area is 98.8 Å². The highest BCUT2D eigenvalue weighted by molar-refractivity contribution is 6.35. The molecule has 0 radical (unpaired) electrons. The third kappa shape index (κ3) is 1.34. The summed E-state index contributed by atoms with van der Waals surface area (Å²) in [6.07, 6.45) is 5.88. The fraction of sp³-hybridized carbons (Fsp3) is 0.231. The van der Waals surface area contributed by atoms with Crippen molar-refractivity contribution in [3.8, 4) is 0 Å². The van der Waals surface area contributed by atoms with Gasteiger partial charge in [0.05, 0.1) is 5.52 Å². The van der Waals surface area contributed by atoms with E-state index in [1.165, 1.54) is 0 Å². The van der Waals surface area contributed by atoms with Crippen molar-refractivity contribution in [2.24, 2.45) is 0 Å². The Morgan fingerprint density at radius 3 is 3.00 bits per heavy atom. The van der Waals surface area contributed by atoms with Crippen molar-refractivity contribution in [2.75, 3.05) is 0 Å². The van der Waals surface area contributed by atoms with E-state index in [4.69, 9.17) is 11.6 Å². The molecule has 3 heteroatoms. The zero-order valence-corrected chi connectivity index (χ0v) is 9.54. The maximum absolute atomic E-state index is 9.99. The second kappa shape index (κ2) is 3.56. The Morgan fingerprint density at radius 1 is 1.25 bits per heavy atom. The molecule has 0 atom stereocenters. The number of aliphatic hydroxyl groups excluding tert-OH is 1. The lowest BCUT2D eigenvalue weighted by molar-refractivity contribution is 0.506. The van der Waals surface area contributed by atoms with Crippen molar-refractivity contribution in [1.29, 1.82) is 0 Å². The van der Waals surface area contributed by atoms with E-state index >= 15 is 0 Å². The minimum absolute atomic E-state index is 0.362. The summed E-state index contributed by atoms with van der Waals surface area (Å²) < 4.78 is 2.17. The van der Waals surface area contributed by atoms with Crippen LogP contribution in [-0.2, 0) is 6.54 Å². The number of hydrogen-bond acceptors (Lipinski definition) is 1. The Kier molecular flexibility index (Phi) is 2.18. The number of aromatic nitrogens is 1. The second-order valence-electron chi connectivity index (χ2n) is 4.10. The highest BCUT2D eigenvalue weighted by Crippen LogP contribution is 2.32. The summed E-state index contributed by atoms with van der Waals surface area (Å²) in [5.41, 5.74) is 1.92. The lowest BCUT2D eigenvalue weighted by Crippen LogP contribution is -2.01. The van der Waals surface area contributed by atoms with Gasteiger partial charge in [0.2, 0.25) is 0 Å². The van der Waals surface area contributed by atoms with Crippen molar-refractivity contribution >= 4 is 28.3 Å². The molecule has 1 aliphatic heterocycles. The number of allylic oxidation sites excluding steroid dienone is 1. The number of nitrogens with zero attached hydrogens (tertiary/aromatic N) is 1. The lowest BCUT2D eigenvalue weighted by atomic mass is 10.1. The first-order chi connectivity index (χ1) is 7.77. The summed E-state index contributed by atoms with van der Waals surface area (Å²) in [6, 6.07) is 5.74. The smallest absolute Gasteiger partial charge is 0.120 e. The molecule has 16 heavy (non-hydrogen) atoms. The quantitative estimate of drug-likeness (QED) is 0.731. The van der Waals surface area contributed by atoms with Gasteiger partial charge >= 0.3 is 0 Å². The molecular weight excluding hydrogens is 222 g/mol. The third-order valence-electron chi connectivity index (χ3n) is 3.09. The molecule has 82 valence electrons. The summed E-state index contributed by atoms with van der Waals surface area (Å²) in [6.45, 7) is 0.973. The molecule has 2 heterocycles. The molecule has 0 fully saturated rings. The molecule has 1 aromatic carbocycles. The van der Waals surface area contributed by atoms with E-state index in [0.29, 0.717) is 5.76 Å². The minimum atomic E-state index is 0.362. The highest BCUT2D eigenvalue weighted by atomic mass is 35.5. The predicted molar refractivity (Wildman–Crippen MR) is 66.8 cm³/mol. The summed E-state index contributed by atoms with van der Waals surface area (Å²) >= 11 is 6.15. The first-order valence-corrected chi connectivity index (χ1v) is 5.82. The molecule has 0 saturated carbocycles. The zero-order valence-electron chi connectivity index (χ0n) is 8.78. The lowest BCUT2D eigenvalue weighted by Gasteiger charge is -2.12. The Hall–Kier alpha value is -1.41. The van der Waals surface area contributed by atoms with E-state index in [2.05, 4.69) is 4.57 Å². The largest absolute Gasteiger partial charge is 0.508 e. The van der Waals surface area contributed by atoms with Crippen LogP contribution in [0.15, 0.2) is 30.5 Å². The highest BCUT2D eigenvalue weighted by Gasteiger charge is 2.13. The Bertz CT molecular complexity index is 583. The normalized spacial score (nSPS) is 18.9. The first-order valence-electron chi connectivity index (χ1n) is 5.44. The molecular formula is C13H12ClNO. The average molecular weight is 234 g/mol. The molecule has 0 aliphatic carbocycles. The van der Waals surface area contributed by atoms with E-state index in [-0.39, 0.29) is 0 Å². The maximum atomic E-state index is 9.99. The molecule has 0 unspecified atom stereocenters. The van der Waals surface area contributed by atoms with Gasteiger partial charge in [-0.3, -0.25) is 0 Å². The van der Waals surface area contributed by atoms with Crippen LogP contribution < -0.4 is 0 Å². The second-order valence-corrected chi connectivity index (χ2v) is 4.51. The molecule has 0 bridgehead atoms. The summed E-state index contributed by atoms with van der Waals surface area (Å²) in [5, 5.41) is 11.7. The van der Waals surface area contributed by atoms with Crippen LogP contribution >= 0.6 is 11.6 Å². The number of hydrogen-bond donors (Lipinski definition) is 1. The fourth-order valence-corrected chi connectivity index (χ4v) is 2.51. The molecule has 1 aromatic heterocycles. The standard InChI is InChI=1S/C13H12ClNO/c14-11-5-4-10-12(16)3-1-2-7-15-8-6-9(11)13(10)15/h3-6,8,16H,1-2,7H2/b12-3+. The molecule has 2 aromatic rings. The van der Waals surface area contributed by atoms with E-state index < -0.39 is 0 Å². The van der Waals surface area contributed by atoms with Gasteiger partial charge in [-0.25, -0.2) is 0 Å². The van der Waals surface area contributed by atoms with Crippen LogP contribution in [0.25, 0.3) is 16.7 Å². The van der Waals surface area contributed by atoms with Gasteiger partial charge in [0.25, 0.3) is 0 Å². The number of rotatable bonds is 0. The number of aliphatic hydroxyl groups is 1. The number of halogens is 1. The molecule has 0 amide bonds. The van der Waals surface area contributed by atoms with Crippen LogP contribution in [0.3, 0.4) is 0 Å². The van der Waals surface area contributed by atoms with E-state index in [1.54, 1.807) is 0 Å². The Balaban J connectivity index is 2.42. The van der Waals surface area contributed by atoms with Gasteiger partial charge in [-0.05, 0) is 37.1 Å². The SMILES string of the molecule is O/C1=C/CCCn2ccc3c(Cl)ccc1c32. The van der Waals surface area contributed by atoms with Crippen molar-refractivity contribution in [2.45, 2.75) is 19.4 Å². The van der Waals surface area contributed by atoms with Crippen molar-refractivity contribution in [3.63, 3.8) is 0 Å². The zero-order chi connectivity index (χ0) is 11.1. The van der Waals surface area contributed by atoms with Gasteiger partial charge in [-0.2, -0.15) is 0 Å². The maximum Gasteiger partial charge on any atom is 0.120 e. The summed E-state index contributed by atoms with van der Waals surface area (Å²) in [7, 11) is 0. The Morgan fingerprint density at radius 2 is 2.12 bits per heavy atom. The van der Waals surface area contributed by atoms with Crippen LogP contribution in [-0.4, -0.2) is 9.67 Å². The molecule has 1 N–H and O–H groups in total. The summed E-state index contributed by atoms with van der Waals surface area (Å²) in [5.74, 6) is 0.362. The van der Waals surface area contributed by atoms with Crippen molar-refractivity contribution in [3.05, 3.63) is 41.1 Å². The van der Waals surface area contributed by atoms with Gasteiger partial charge < -0.3 is 9.67 Å². The van der Waals surface area contributed by atoms with Crippen LogP contribution in [0.1, 0.15) is 18.4 Å². The van der Waals surface area contributed by atoms with Crippen LogP contribution in [0.4, 0.5) is 0 Å². The first kappa shape index (κ1) is 9.79. The summed E-state index contributed by atoms with van der Waals surface area (Å²) in [4.78, 5) is 0. The van der Waals surface area contributed by atoms with Gasteiger partial charge in [0, 0.05) is 28.7 Å². The predicted octanol–water partition coefficient (Wildman–Crippen LogP) is 3.99. The van der Waals surface area contributed by atoms with Crippen LogP contribution in [0.2, 0.25) is 5.02 Å². The van der Waals surface area contributed by atoms with Crippen molar-refractivity contribution in [1.82, 2.24) is 4.57 Å². The van der Waals surface area contributed by atoms with E-state index in [9.17, 15) is 5.11 Å². The third-order valence-corrected chi connectivity index (χ3v) is 3.42. The van der Waals surface area contributed by atoms with Crippen LogP contribution in [0, 0.1) is 0 Å². The molecule has 1 aliphatic rings. The number of aryl methyl sites for hydroxylation is 1. The molecule has 3 rings (SSSR count). The van der Waals surface area contributed by atoms with Crippen LogP contribution in [0.5, 0.6) is 0 Å². The minimum Gasteiger partial charge on any atom is -0.508 e. The topological polar surface area (TPSA) is 25.2 Å². The van der Waals surface area contributed by atoms with E-state index in [0.717, 1.165) is 40.9 Å². The van der Waals surface area contributed by atoms with Gasteiger partial charge in [0.1, 0.15) is 5.76 Å². The average Bonchev–Trinajstić information content (AvgIpc) is 2.67. The van der Waals surface area contributed by atoms with Crippen molar-refractivity contribution < 1.29 is 5.11 Å². The van der Waals surface area contributed by atoms with Gasteiger partial charge in [-0.1, -0.05) is 11.6 Å². The molecule has 2 nitrogen and oxygen atoms in total. The molecule has 0 saturated heterocycles. The monoisotopic (exact) mass is 233 g/mol.